The Morgan fingerprint density at radius 3 is 2.45 bits per heavy atom. The lowest BCUT2D eigenvalue weighted by Gasteiger charge is -2.07. The number of rotatable bonds is 3. The average Bonchev–Trinajstić information content (AvgIpc) is 2.74. The van der Waals surface area contributed by atoms with Gasteiger partial charge in [-0.15, -0.1) is 0 Å². The van der Waals surface area contributed by atoms with Crippen molar-refractivity contribution in [3.63, 3.8) is 0 Å². The van der Waals surface area contributed by atoms with E-state index in [1.165, 1.54) is 11.1 Å². The Kier molecular flexibility index (Phi) is 3.93. The zero-order valence-corrected chi connectivity index (χ0v) is 12.7. The molecule has 20 heavy (non-hydrogen) atoms. The maximum absolute atomic E-state index is 12.0. The van der Waals surface area contributed by atoms with Crippen molar-refractivity contribution in [1.82, 2.24) is 15.1 Å². The van der Waals surface area contributed by atoms with Gasteiger partial charge in [-0.25, -0.2) is 4.68 Å². The van der Waals surface area contributed by atoms with E-state index < -0.39 is 0 Å². The number of nitrogens with one attached hydrogen (secondary N) is 1. The van der Waals surface area contributed by atoms with Crippen molar-refractivity contribution in [2.75, 3.05) is 0 Å². The average molecular weight is 271 g/mol. The first-order valence-corrected chi connectivity index (χ1v) is 6.83. The molecule has 0 unspecified atom stereocenters. The molecule has 0 spiro atoms. The van der Waals surface area contributed by atoms with Gasteiger partial charge < -0.3 is 5.32 Å². The largest absolute Gasteiger partial charge is 0.348 e. The van der Waals surface area contributed by atoms with E-state index in [-0.39, 0.29) is 11.9 Å². The molecule has 2 rings (SSSR count). The Balaban J connectivity index is 2.36. The van der Waals surface area contributed by atoms with E-state index >= 15 is 0 Å². The fourth-order valence-electron chi connectivity index (χ4n) is 2.04. The number of aryl methyl sites for hydroxylation is 3. The van der Waals surface area contributed by atoms with Crippen LogP contribution in [0.3, 0.4) is 0 Å². The molecule has 0 radical (unpaired) electrons. The minimum absolute atomic E-state index is 0.106. The highest BCUT2D eigenvalue weighted by atomic mass is 16.2. The highest BCUT2D eigenvalue weighted by Gasteiger charge is 2.14. The lowest BCUT2D eigenvalue weighted by Crippen LogP contribution is -2.30. The van der Waals surface area contributed by atoms with Crippen molar-refractivity contribution in [3.8, 4) is 5.69 Å². The standard InChI is InChI=1S/C16H21N3O/c1-10(2)17-16(20)15-9-13(5)19(18-15)14-7-6-11(3)12(4)8-14/h6-10H,1-5H3,(H,17,20). The lowest BCUT2D eigenvalue weighted by atomic mass is 10.1. The van der Waals surface area contributed by atoms with E-state index in [4.69, 9.17) is 0 Å². The second-order valence-corrected chi connectivity index (χ2v) is 5.48. The molecule has 0 saturated heterocycles. The van der Waals surface area contributed by atoms with Gasteiger partial charge in [-0.1, -0.05) is 6.07 Å². The molecule has 0 aliphatic rings. The maximum atomic E-state index is 12.0. The molecule has 1 amide bonds. The highest BCUT2D eigenvalue weighted by molar-refractivity contribution is 5.92. The number of carbonyl (C=O) groups is 1. The number of aromatic nitrogens is 2. The Bertz CT molecular complexity index is 641. The number of hydrogen-bond acceptors (Lipinski definition) is 2. The molecule has 2 aromatic rings. The van der Waals surface area contributed by atoms with Crippen LogP contribution in [0.25, 0.3) is 5.69 Å². The number of hydrogen-bond donors (Lipinski definition) is 1. The van der Waals surface area contributed by atoms with E-state index in [0.717, 1.165) is 11.4 Å². The summed E-state index contributed by atoms with van der Waals surface area (Å²) < 4.78 is 1.81. The minimum Gasteiger partial charge on any atom is -0.348 e. The van der Waals surface area contributed by atoms with Gasteiger partial charge in [-0.2, -0.15) is 5.10 Å². The highest BCUT2D eigenvalue weighted by Crippen LogP contribution is 2.16. The van der Waals surface area contributed by atoms with E-state index in [1.807, 2.05) is 37.6 Å². The van der Waals surface area contributed by atoms with Gasteiger partial charge in [0.15, 0.2) is 5.69 Å². The summed E-state index contributed by atoms with van der Waals surface area (Å²) in [5.41, 5.74) is 4.84. The molecule has 1 heterocycles. The zero-order valence-electron chi connectivity index (χ0n) is 12.7. The molecule has 0 bridgehead atoms. The molecule has 0 fully saturated rings. The molecule has 4 heteroatoms. The van der Waals surface area contributed by atoms with Crippen LogP contribution < -0.4 is 5.32 Å². The van der Waals surface area contributed by atoms with Crippen molar-refractivity contribution in [1.29, 1.82) is 0 Å². The van der Waals surface area contributed by atoms with Gasteiger partial charge in [0.1, 0.15) is 0 Å². The van der Waals surface area contributed by atoms with Crippen LogP contribution in [-0.2, 0) is 0 Å². The second kappa shape index (κ2) is 5.49. The molecular weight excluding hydrogens is 250 g/mol. The van der Waals surface area contributed by atoms with E-state index in [9.17, 15) is 4.79 Å². The Hall–Kier alpha value is -2.10. The van der Waals surface area contributed by atoms with Crippen LogP contribution in [0.4, 0.5) is 0 Å². The number of benzene rings is 1. The van der Waals surface area contributed by atoms with Crippen LogP contribution in [0.15, 0.2) is 24.3 Å². The van der Waals surface area contributed by atoms with Crippen molar-refractivity contribution in [2.24, 2.45) is 0 Å². The van der Waals surface area contributed by atoms with Crippen LogP contribution in [-0.4, -0.2) is 21.7 Å². The molecule has 0 saturated carbocycles. The van der Waals surface area contributed by atoms with Crippen molar-refractivity contribution < 1.29 is 4.79 Å². The molecular formula is C16H21N3O. The van der Waals surface area contributed by atoms with Gasteiger partial charge >= 0.3 is 0 Å². The van der Waals surface area contributed by atoms with Crippen molar-refractivity contribution in [3.05, 3.63) is 46.8 Å². The third-order valence-electron chi connectivity index (χ3n) is 3.27. The quantitative estimate of drug-likeness (QED) is 0.933. The summed E-state index contributed by atoms with van der Waals surface area (Å²) in [5.74, 6) is -0.134. The summed E-state index contributed by atoms with van der Waals surface area (Å²) >= 11 is 0. The first-order valence-electron chi connectivity index (χ1n) is 6.83. The first-order chi connectivity index (χ1) is 9.38. The van der Waals surface area contributed by atoms with Crippen molar-refractivity contribution >= 4 is 5.91 Å². The zero-order chi connectivity index (χ0) is 14.9. The van der Waals surface area contributed by atoms with Crippen LogP contribution >= 0.6 is 0 Å². The van der Waals surface area contributed by atoms with Crippen LogP contribution in [0.5, 0.6) is 0 Å². The molecule has 0 aliphatic carbocycles. The van der Waals surface area contributed by atoms with Gasteiger partial charge in [0.05, 0.1) is 5.69 Å². The second-order valence-electron chi connectivity index (χ2n) is 5.48. The summed E-state index contributed by atoms with van der Waals surface area (Å²) in [6, 6.07) is 8.09. The predicted molar refractivity (Wildman–Crippen MR) is 80.4 cm³/mol. The fourth-order valence-corrected chi connectivity index (χ4v) is 2.04. The van der Waals surface area contributed by atoms with Crippen LogP contribution in [0.1, 0.15) is 41.2 Å². The van der Waals surface area contributed by atoms with Gasteiger partial charge in [-0.05, 0) is 63.9 Å². The predicted octanol–water partition coefficient (Wildman–Crippen LogP) is 2.94. The molecule has 1 aromatic heterocycles. The molecule has 0 atom stereocenters. The lowest BCUT2D eigenvalue weighted by molar-refractivity contribution is 0.0937. The Morgan fingerprint density at radius 1 is 1.15 bits per heavy atom. The molecule has 0 aliphatic heterocycles. The van der Waals surface area contributed by atoms with Gasteiger partial charge in [0, 0.05) is 11.7 Å². The molecule has 1 aromatic carbocycles. The summed E-state index contributed by atoms with van der Waals surface area (Å²) in [6.07, 6.45) is 0. The fraction of sp³-hybridized carbons (Fsp3) is 0.375. The van der Waals surface area contributed by atoms with Crippen molar-refractivity contribution in [2.45, 2.75) is 40.7 Å². The van der Waals surface area contributed by atoms with Gasteiger partial charge in [-0.3, -0.25) is 4.79 Å². The van der Waals surface area contributed by atoms with E-state index in [1.54, 1.807) is 0 Å². The number of amides is 1. The van der Waals surface area contributed by atoms with E-state index in [0.29, 0.717) is 5.69 Å². The summed E-state index contributed by atoms with van der Waals surface area (Å²) in [4.78, 5) is 12.0. The minimum atomic E-state index is -0.134. The number of carbonyl (C=O) groups excluding carboxylic acids is 1. The SMILES string of the molecule is Cc1ccc(-n2nc(C(=O)NC(C)C)cc2C)cc1C. The topological polar surface area (TPSA) is 46.9 Å². The van der Waals surface area contributed by atoms with Crippen LogP contribution in [0.2, 0.25) is 0 Å². The maximum Gasteiger partial charge on any atom is 0.271 e. The summed E-state index contributed by atoms with van der Waals surface area (Å²) in [6.45, 7) is 9.98. The van der Waals surface area contributed by atoms with E-state index in [2.05, 4.69) is 36.4 Å². The smallest absolute Gasteiger partial charge is 0.271 e. The normalized spacial score (nSPS) is 10.9. The third kappa shape index (κ3) is 2.90. The van der Waals surface area contributed by atoms with Gasteiger partial charge in [0.25, 0.3) is 5.91 Å². The Morgan fingerprint density at radius 2 is 1.85 bits per heavy atom. The van der Waals surface area contributed by atoms with Gasteiger partial charge in [0.2, 0.25) is 0 Å². The first kappa shape index (κ1) is 14.3. The van der Waals surface area contributed by atoms with Crippen LogP contribution in [0, 0.1) is 20.8 Å². The summed E-state index contributed by atoms with van der Waals surface area (Å²) in [5, 5.41) is 7.27. The molecule has 1 N–H and O–H groups in total. The summed E-state index contributed by atoms with van der Waals surface area (Å²) in [7, 11) is 0. The third-order valence-corrected chi connectivity index (χ3v) is 3.27. The number of nitrogens with zero attached hydrogens (tertiary/aromatic N) is 2. The monoisotopic (exact) mass is 271 g/mol. The molecule has 4 nitrogen and oxygen atoms in total. The molecule has 106 valence electrons. The Labute approximate surface area is 119 Å².